The summed E-state index contributed by atoms with van der Waals surface area (Å²) in [4.78, 5) is 34.2. The number of carbonyl (C=O) groups excluding carboxylic acids is 2. The van der Waals surface area contributed by atoms with E-state index in [0.717, 1.165) is 15.8 Å². The standard InChI is InChI=1S/C19H13N5O2/c1-24-18(25)14(12-9-21-13-7-3-2-5-10(12)13)15(19(24)26)16-11-6-4-8-20-17(11)23-22-16/h2-9,21H,1H3,(H,20,22,23). The lowest BCUT2D eigenvalue weighted by atomic mass is 9.98. The summed E-state index contributed by atoms with van der Waals surface area (Å²) in [5.41, 5.74) is 3.30. The van der Waals surface area contributed by atoms with Crippen LogP contribution in [0.4, 0.5) is 0 Å². The van der Waals surface area contributed by atoms with Crippen molar-refractivity contribution in [1.29, 1.82) is 0 Å². The number of likely N-dealkylation sites (N-methyl/N-ethyl adjacent to an activating group) is 1. The number of nitrogens with one attached hydrogen (secondary N) is 2. The first-order chi connectivity index (χ1) is 12.7. The predicted octanol–water partition coefficient (Wildman–Crippen LogP) is 2.35. The Bertz CT molecular complexity index is 1150. The highest BCUT2D eigenvalue weighted by Crippen LogP contribution is 2.38. The van der Waals surface area contributed by atoms with E-state index >= 15 is 0 Å². The zero-order chi connectivity index (χ0) is 17.8. The fourth-order valence-corrected chi connectivity index (χ4v) is 3.44. The monoisotopic (exact) mass is 343 g/mol. The Labute approximate surface area is 147 Å². The molecule has 26 heavy (non-hydrogen) atoms. The molecule has 2 amide bonds. The molecule has 0 atom stereocenters. The fourth-order valence-electron chi connectivity index (χ4n) is 3.44. The van der Waals surface area contributed by atoms with Crippen LogP contribution in [0, 0.1) is 0 Å². The molecular formula is C19H13N5O2. The summed E-state index contributed by atoms with van der Waals surface area (Å²) in [5, 5.41) is 8.64. The molecule has 0 radical (unpaired) electrons. The van der Waals surface area contributed by atoms with Crippen LogP contribution >= 0.6 is 0 Å². The van der Waals surface area contributed by atoms with Crippen molar-refractivity contribution in [2.75, 3.05) is 7.05 Å². The highest BCUT2D eigenvalue weighted by atomic mass is 16.2. The van der Waals surface area contributed by atoms with Crippen LogP contribution in [0.5, 0.6) is 0 Å². The van der Waals surface area contributed by atoms with Crippen molar-refractivity contribution in [2.45, 2.75) is 0 Å². The number of amides is 2. The molecule has 1 aromatic carbocycles. The molecule has 1 aliphatic rings. The number of imide groups is 1. The third-order valence-corrected chi connectivity index (χ3v) is 4.73. The van der Waals surface area contributed by atoms with E-state index in [-0.39, 0.29) is 11.8 Å². The van der Waals surface area contributed by atoms with E-state index in [1.54, 1.807) is 18.5 Å². The Morgan fingerprint density at radius 3 is 2.62 bits per heavy atom. The second-order valence-electron chi connectivity index (χ2n) is 6.14. The van der Waals surface area contributed by atoms with Gasteiger partial charge in [0.15, 0.2) is 5.65 Å². The number of hydrogen-bond acceptors (Lipinski definition) is 4. The van der Waals surface area contributed by atoms with Crippen molar-refractivity contribution >= 4 is 44.9 Å². The Kier molecular flexibility index (Phi) is 2.88. The molecule has 0 spiro atoms. The summed E-state index contributed by atoms with van der Waals surface area (Å²) >= 11 is 0. The molecule has 4 aromatic rings. The zero-order valence-electron chi connectivity index (χ0n) is 13.8. The van der Waals surface area contributed by atoms with E-state index in [1.165, 1.54) is 7.05 Å². The number of benzene rings is 1. The van der Waals surface area contributed by atoms with Gasteiger partial charge in [-0.25, -0.2) is 4.98 Å². The minimum absolute atomic E-state index is 0.317. The van der Waals surface area contributed by atoms with Crippen molar-refractivity contribution < 1.29 is 9.59 Å². The summed E-state index contributed by atoms with van der Waals surface area (Å²) < 4.78 is 0. The molecule has 126 valence electrons. The zero-order valence-corrected chi connectivity index (χ0v) is 13.8. The summed E-state index contributed by atoms with van der Waals surface area (Å²) in [5.74, 6) is -0.689. The van der Waals surface area contributed by atoms with E-state index in [4.69, 9.17) is 0 Å². The van der Waals surface area contributed by atoms with E-state index in [9.17, 15) is 9.59 Å². The van der Waals surface area contributed by atoms with Crippen LogP contribution in [0.2, 0.25) is 0 Å². The molecular weight excluding hydrogens is 330 g/mol. The number of hydrogen-bond donors (Lipinski definition) is 2. The van der Waals surface area contributed by atoms with Gasteiger partial charge in [0.1, 0.15) is 0 Å². The van der Waals surface area contributed by atoms with E-state index in [2.05, 4.69) is 20.2 Å². The van der Waals surface area contributed by atoms with Crippen molar-refractivity contribution in [3.8, 4) is 0 Å². The average molecular weight is 343 g/mol. The molecule has 2 N–H and O–H groups in total. The maximum Gasteiger partial charge on any atom is 0.263 e. The summed E-state index contributed by atoms with van der Waals surface area (Å²) in [7, 11) is 1.49. The molecule has 4 heterocycles. The number of aromatic nitrogens is 4. The van der Waals surface area contributed by atoms with Crippen LogP contribution in [0.25, 0.3) is 33.1 Å². The maximum absolute atomic E-state index is 12.9. The largest absolute Gasteiger partial charge is 0.361 e. The van der Waals surface area contributed by atoms with Gasteiger partial charge in [-0.3, -0.25) is 19.6 Å². The van der Waals surface area contributed by atoms with Gasteiger partial charge < -0.3 is 4.98 Å². The lowest BCUT2D eigenvalue weighted by Crippen LogP contribution is -2.26. The predicted molar refractivity (Wildman–Crippen MR) is 96.8 cm³/mol. The van der Waals surface area contributed by atoms with Gasteiger partial charge in [-0.15, -0.1) is 0 Å². The van der Waals surface area contributed by atoms with Crippen molar-refractivity contribution in [3.05, 3.63) is 60.0 Å². The summed E-state index contributed by atoms with van der Waals surface area (Å²) in [6.45, 7) is 0. The van der Waals surface area contributed by atoms with Gasteiger partial charge in [0.05, 0.1) is 16.8 Å². The number of H-pyrrole nitrogens is 2. The number of aromatic amines is 2. The molecule has 7 heteroatoms. The number of para-hydroxylation sites is 1. The van der Waals surface area contributed by atoms with Crippen LogP contribution in [-0.4, -0.2) is 43.9 Å². The highest BCUT2D eigenvalue weighted by Gasteiger charge is 2.39. The Morgan fingerprint density at radius 1 is 0.962 bits per heavy atom. The highest BCUT2D eigenvalue weighted by molar-refractivity contribution is 6.50. The third kappa shape index (κ3) is 1.82. The van der Waals surface area contributed by atoms with Gasteiger partial charge in [0.25, 0.3) is 11.8 Å². The molecule has 0 aliphatic carbocycles. The average Bonchev–Trinajstić information content (AvgIpc) is 3.33. The molecule has 0 fully saturated rings. The second kappa shape index (κ2) is 5.13. The minimum atomic E-state index is -0.357. The van der Waals surface area contributed by atoms with Gasteiger partial charge >= 0.3 is 0 Å². The summed E-state index contributed by atoms with van der Waals surface area (Å²) in [6.07, 6.45) is 3.40. The number of fused-ring (bicyclic) bond motifs is 2. The number of rotatable bonds is 2. The molecule has 1 aliphatic heterocycles. The molecule has 0 saturated heterocycles. The number of nitrogens with zero attached hydrogens (tertiary/aromatic N) is 3. The Balaban J connectivity index is 1.86. The van der Waals surface area contributed by atoms with Crippen LogP contribution in [0.3, 0.4) is 0 Å². The Morgan fingerprint density at radius 2 is 1.73 bits per heavy atom. The van der Waals surface area contributed by atoms with Gasteiger partial charge in [-0.2, -0.15) is 5.10 Å². The minimum Gasteiger partial charge on any atom is -0.361 e. The fraction of sp³-hybridized carbons (Fsp3) is 0.0526. The molecule has 3 aromatic heterocycles. The van der Waals surface area contributed by atoms with Gasteiger partial charge in [-0.05, 0) is 18.2 Å². The SMILES string of the molecule is CN1C(=O)C(c2[nH]nc3ncccc23)=C(c2c[nH]c3ccccc23)C1=O. The van der Waals surface area contributed by atoms with E-state index < -0.39 is 0 Å². The summed E-state index contributed by atoms with van der Waals surface area (Å²) in [6, 6.07) is 11.3. The molecule has 0 bridgehead atoms. The second-order valence-corrected chi connectivity index (χ2v) is 6.14. The first-order valence-corrected chi connectivity index (χ1v) is 8.09. The lowest BCUT2D eigenvalue weighted by molar-refractivity contribution is -0.134. The van der Waals surface area contributed by atoms with E-state index in [1.807, 2.05) is 30.3 Å². The quantitative estimate of drug-likeness (QED) is 0.546. The Hall–Kier alpha value is -3.74. The van der Waals surface area contributed by atoms with Crippen LogP contribution in [-0.2, 0) is 9.59 Å². The number of carbonyl (C=O) groups is 2. The normalized spacial score (nSPS) is 15.0. The maximum atomic E-state index is 12.9. The van der Waals surface area contributed by atoms with Crippen molar-refractivity contribution in [2.24, 2.45) is 0 Å². The van der Waals surface area contributed by atoms with Crippen LogP contribution in [0.15, 0.2) is 48.8 Å². The third-order valence-electron chi connectivity index (χ3n) is 4.73. The smallest absolute Gasteiger partial charge is 0.263 e. The first-order valence-electron chi connectivity index (χ1n) is 8.09. The molecule has 0 saturated carbocycles. The van der Waals surface area contributed by atoms with Gasteiger partial charge in [0.2, 0.25) is 0 Å². The van der Waals surface area contributed by atoms with Crippen molar-refractivity contribution in [1.82, 2.24) is 25.1 Å². The molecule has 7 nitrogen and oxygen atoms in total. The number of pyridine rings is 1. The van der Waals surface area contributed by atoms with Crippen molar-refractivity contribution in [3.63, 3.8) is 0 Å². The topological polar surface area (TPSA) is 94.7 Å². The lowest BCUT2D eigenvalue weighted by Gasteiger charge is -2.06. The van der Waals surface area contributed by atoms with Crippen LogP contribution < -0.4 is 0 Å². The van der Waals surface area contributed by atoms with Crippen LogP contribution in [0.1, 0.15) is 11.3 Å². The van der Waals surface area contributed by atoms with E-state index in [0.29, 0.717) is 33.4 Å². The molecule has 0 unspecified atom stereocenters. The first kappa shape index (κ1) is 14.6. The molecule has 5 rings (SSSR count). The van der Waals surface area contributed by atoms with Gasteiger partial charge in [0, 0.05) is 41.3 Å². The van der Waals surface area contributed by atoms with Gasteiger partial charge in [-0.1, -0.05) is 18.2 Å².